The number of nitrogens with zero attached hydrogens (tertiary/aromatic N) is 1. The Hall–Kier alpha value is -0.840. The molecule has 0 spiro atoms. The fraction of sp³-hybridized carbons (Fsp3) is 0.235. The normalized spacial score (nSPS) is 19.5. The minimum atomic E-state index is 0.0961. The van der Waals surface area contributed by atoms with Gasteiger partial charge in [-0.2, -0.15) is 0 Å². The summed E-state index contributed by atoms with van der Waals surface area (Å²) in [5.74, 6) is 0.0961. The lowest BCUT2D eigenvalue weighted by Gasteiger charge is -2.41. The molecule has 0 N–H and O–H groups in total. The number of amides is 1. The molecule has 0 unspecified atom stereocenters. The predicted molar refractivity (Wildman–Crippen MR) is 94.5 cm³/mol. The van der Waals surface area contributed by atoms with Crippen molar-refractivity contribution in [3.63, 3.8) is 0 Å². The van der Waals surface area contributed by atoms with Gasteiger partial charge in [-0.1, -0.05) is 35.9 Å². The highest BCUT2D eigenvalue weighted by Gasteiger charge is 2.38. The molecule has 22 heavy (non-hydrogen) atoms. The maximum Gasteiger partial charge on any atom is 0.254 e. The Labute approximate surface area is 150 Å². The van der Waals surface area contributed by atoms with Crippen molar-refractivity contribution >= 4 is 49.4 Å². The minimum Gasteiger partial charge on any atom is -0.331 e. The maximum absolute atomic E-state index is 12.9. The summed E-state index contributed by atoms with van der Waals surface area (Å²) < 4.78 is 1.58. The molecule has 0 saturated carbocycles. The Bertz CT molecular complexity index is 805. The standard InChI is InChI=1S/C17H12Br2ClNO/c18-13-7-12-11(15(19)16(13)20)8-14-10-4-2-1-3-9(10)5-6-21(14)17(12)22/h1-4,7,14H,5-6,8H2/t14-/m0/s1. The number of carbonyl (C=O) groups is 1. The van der Waals surface area contributed by atoms with Crippen LogP contribution in [0.1, 0.15) is 33.1 Å². The van der Waals surface area contributed by atoms with Crippen molar-refractivity contribution in [3.8, 4) is 0 Å². The van der Waals surface area contributed by atoms with Gasteiger partial charge in [0.1, 0.15) is 0 Å². The van der Waals surface area contributed by atoms with E-state index in [-0.39, 0.29) is 11.9 Å². The summed E-state index contributed by atoms with van der Waals surface area (Å²) in [5.41, 5.74) is 4.37. The lowest BCUT2D eigenvalue weighted by Crippen LogP contribution is -2.44. The van der Waals surface area contributed by atoms with E-state index >= 15 is 0 Å². The quantitative estimate of drug-likeness (QED) is 0.517. The molecule has 112 valence electrons. The third-order valence-electron chi connectivity index (χ3n) is 4.56. The van der Waals surface area contributed by atoms with E-state index in [1.54, 1.807) is 0 Å². The van der Waals surface area contributed by atoms with Crippen molar-refractivity contribution in [3.05, 3.63) is 66.6 Å². The second-order valence-corrected chi connectivity index (χ2v) is 7.71. The van der Waals surface area contributed by atoms with E-state index in [0.717, 1.165) is 39.5 Å². The van der Waals surface area contributed by atoms with E-state index in [9.17, 15) is 4.79 Å². The molecule has 2 aliphatic rings. The van der Waals surface area contributed by atoms with Crippen LogP contribution in [0.5, 0.6) is 0 Å². The van der Waals surface area contributed by atoms with Gasteiger partial charge in [-0.25, -0.2) is 0 Å². The van der Waals surface area contributed by atoms with Crippen LogP contribution in [0.15, 0.2) is 39.3 Å². The molecule has 4 rings (SSSR count). The summed E-state index contributed by atoms with van der Waals surface area (Å²) >= 11 is 13.3. The molecule has 2 aromatic rings. The first-order valence-electron chi connectivity index (χ1n) is 7.13. The number of halogens is 3. The number of hydrogen-bond acceptors (Lipinski definition) is 1. The van der Waals surface area contributed by atoms with Crippen LogP contribution >= 0.6 is 43.5 Å². The van der Waals surface area contributed by atoms with Gasteiger partial charge in [-0.15, -0.1) is 0 Å². The van der Waals surface area contributed by atoms with Crippen LogP contribution in [0.3, 0.4) is 0 Å². The molecule has 0 aliphatic carbocycles. The molecule has 2 aliphatic heterocycles. The van der Waals surface area contributed by atoms with Gasteiger partial charge in [0.05, 0.1) is 11.1 Å². The molecule has 2 nitrogen and oxygen atoms in total. The van der Waals surface area contributed by atoms with E-state index < -0.39 is 0 Å². The number of carbonyl (C=O) groups excluding carboxylic acids is 1. The number of hydrogen-bond donors (Lipinski definition) is 0. The predicted octanol–water partition coefficient (Wildman–Crippen LogP) is 5.16. The van der Waals surface area contributed by atoms with Crippen molar-refractivity contribution in [1.29, 1.82) is 0 Å². The fourth-order valence-corrected chi connectivity index (χ4v) is 4.94. The molecular weight excluding hydrogens is 429 g/mol. The molecule has 2 aromatic carbocycles. The van der Waals surface area contributed by atoms with E-state index in [0.29, 0.717) is 5.02 Å². The second kappa shape index (κ2) is 5.36. The molecule has 0 radical (unpaired) electrons. The van der Waals surface area contributed by atoms with Crippen LogP contribution in [-0.2, 0) is 12.8 Å². The Morgan fingerprint density at radius 3 is 2.82 bits per heavy atom. The summed E-state index contributed by atoms with van der Waals surface area (Å²) in [4.78, 5) is 14.9. The summed E-state index contributed by atoms with van der Waals surface area (Å²) in [5, 5.41) is 0.629. The van der Waals surface area contributed by atoms with Gasteiger partial charge in [0.15, 0.2) is 0 Å². The number of benzene rings is 2. The van der Waals surface area contributed by atoms with Gasteiger partial charge < -0.3 is 4.90 Å². The van der Waals surface area contributed by atoms with E-state index in [1.807, 2.05) is 17.0 Å². The lowest BCUT2D eigenvalue weighted by atomic mass is 9.84. The van der Waals surface area contributed by atoms with Gasteiger partial charge in [0, 0.05) is 21.1 Å². The van der Waals surface area contributed by atoms with Crippen molar-refractivity contribution in [2.75, 3.05) is 6.54 Å². The van der Waals surface area contributed by atoms with Crippen LogP contribution in [0.4, 0.5) is 0 Å². The van der Waals surface area contributed by atoms with Crippen molar-refractivity contribution in [2.24, 2.45) is 0 Å². The van der Waals surface area contributed by atoms with Gasteiger partial charge in [-0.3, -0.25) is 4.79 Å². The Morgan fingerprint density at radius 2 is 2.00 bits per heavy atom. The van der Waals surface area contributed by atoms with Gasteiger partial charge >= 0.3 is 0 Å². The largest absolute Gasteiger partial charge is 0.331 e. The second-order valence-electron chi connectivity index (χ2n) is 5.68. The monoisotopic (exact) mass is 439 g/mol. The van der Waals surface area contributed by atoms with Crippen LogP contribution in [0.25, 0.3) is 0 Å². The van der Waals surface area contributed by atoms with E-state index in [2.05, 4.69) is 50.1 Å². The summed E-state index contributed by atoms with van der Waals surface area (Å²) in [6.07, 6.45) is 1.72. The van der Waals surface area contributed by atoms with E-state index in [4.69, 9.17) is 11.6 Å². The van der Waals surface area contributed by atoms with Crippen molar-refractivity contribution in [1.82, 2.24) is 4.90 Å². The lowest BCUT2D eigenvalue weighted by molar-refractivity contribution is 0.0631. The van der Waals surface area contributed by atoms with Crippen LogP contribution in [-0.4, -0.2) is 17.4 Å². The average molecular weight is 442 g/mol. The Morgan fingerprint density at radius 1 is 1.23 bits per heavy atom. The molecule has 0 bridgehead atoms. The molecule has 0 saturated heterocycles. The van der Waals surface area contributed by atoms with Gasteiger partial charge in [-0.05, 0) is 67.5 Å². The van der Waals surface area contributed by atoms with Crippen LogP contribution in [0.2, 0.25) is 5.02 Å². The highest BCUT2D eigenvalue weighted by molar-refractivity contribution is 9.11. The number of fused-ring (bicyclic) bond motifs is 4. The first-order valence-corrected chi connectivity index (χ1v) is 9.09. The molecule has 0 fully saturated rings. The van der Waals surface area contributed by atoms with Crippen LogP contribution in [0, 0.1) is 0 Å². The highest BCUT2D eigenvalue weighted by Crippen LogP contribution is 2.44. The Kier molecular flexibility index (Phi) is 3.59. The van der Waals surface area contributed by atoms with Crippen LogP contribution < -0.4 is 0 Å². The zero-order chi connectivity index (χ0) is 15.4. The first-order chi connectivity index (χ1) is 10.6. The zero-order valence-corrected chi connectivity index (χ0v) is 15.5. The molecule has 1 atom stereocenters. The molecule has 2 heterocycles. The molecular formula is C17H12Br2ClNO. The average Bonchev–Trinajstić information content (AvgIpc) is 2.54. The van der Waals surface area contributed by atoms with E-state index in [1.165, 1.54) is 11.1 Å². The summed E-state index contributed by atoms with van der Waals surface area (Å²) in [7, 11) is 0. The minimum absolute atomic E-state index is 0.0961. The summed E-state index contributed by atoms with van der Waals surface area (Å²) in [6.45, 7) is 0.776. The molecule has 0 aromatic heterocycles. The third-order valence-corrected chi connectivity index (χ3v) is 6.91. The SMILES string of the molecule is O=C1c2cc(Br)c(Cl)c(Br)c2C[C@H]2c3ccccc3CCN12. The fourth-order valence-electron chi connectivity index (χ4n) is 3.49. The topological polar surface area (TPSA) is 20.3 Å². The highest BCUT2D eigenvalue weighted by atomic mass is 79.9. The smallest absolute Gasteiger partial charge is 0.254 e. The maximum atomic E-state index is 12.9. The van der Waals surface area contributed by atoms with Crippen molar-refractivity contribution in [2.45, 2.75) is 18.9 Å². The summed E-state index contributed by atoms with van der Waals surface area (Å²) in [6, 6.07) is 10.4. The third kappa shape index (κ3) is 2.08. The van der Waals surface area contributed by atoms with Gasteiger partial charge in [0.2, 0.25) is 0 Å². The van der Waals surface area contributed by atoms with Crippen molar-refractivity contribution < 1.29 is 4.79 Å². The first kappa shape index (κ1) is 14.7. The Balaban J connectivity index is 1.89. The van der Waals surface area contributed by atoms with Gasteiger partial charge in [0.25, 0.3) is 5.91 Å². The molecule has 1 amide bonds. The zero-order valence-electron chi connectivity index (χ0n) is 11.6. The number of rotatable bonds is 0. The molecule has 5 heteroatoms.